The monoisotopic (exact) mass is 876 g/mol. The molecular weight excluding hydrogens is 817 g/mol. The van der Waals surface area contributed by atoms with Crippen LogP contribution < -0.4 is 0 Å². The standard InChI is InChI=1S/C60H60O6/c1-8-16-53(66-56(63)11-4)60(32-13-15-34-65-55(62)10-3)51-37-42(40-20-18-39(19-21-40)17-12-14-33-64-54(61)9-2)25-29-48(51)49-30-26-43(38-52(49)60)47-28-24-41-22-23-44-35-46(59(5,6)7)36-45-27-31-50(47)58(41)57(44)45/h9-11,18-31,35-38,53H,2-4,8,12-17,32-34H2,1,5-7H3. The van der Waals surface area contributed by atoms with Gasteiger partial charge >= 0.3 is 17.9 Å². The third kappa shape index (κ3) is 8.94. The third-order valence-corrected chi connectivity index (χ3v) is 13.5. The molecule has 2 atom stereocenters. The summed E-state index contributed by atoms with van der Waals surface area (Å²) >= 11 is 0. The molecule has 7 aromatic carbocycles. The van der Waals surface area contributed by atoms with Gasteiger partial charge in [0.1, 0.15) is 6.10 Å². The summed E-state index contributed by atoms with van der Waals surface area (Å²) in [6, 6.07) is 40.5. The zero-order valence-electron chi connectivity index (χ0n) is 38.8. The molecule has 6 heteroatoms. The molecule has 2 unspecified atom stereocenters. The number of carbonyl (C=O) groups excluding carboxylic acids is 3. The van der Waals surface area contributed by atoms with E-state index in [9.17, 15) is 14.4 Å². The fourth-order valence-corrected chi connectivity index (χ4v) is 10.2. The van der Waals surface area contributed by atoms with Crippen LogP contribution >= 0.6 is 0 Å². The number of aryl methyl sites for hydroxylation is 1. The Morgan fingerprint density at radius 1 is 0.591 bits per heavy atom. The van der Waals surface area contributed by atoms with Crippen LogP contribution in [0.25, 0.3) is 65.7 Å². The van der Waals surface area contributed by atoms with Crippen LogP contribution in [0.4, 0.5) is 0 Å². The number of unbranched alkanes of at least 4 members (excludes halogenated alkanes) is 2. The van der Waals surface area contributed by atoms with E-state index in [2.05, 4.69) is 157 Å². The first-order valence-electron chi connectivity index (χ1n) is 23.4. The topological polar surface area (TPSA) is 78.9 Å². The van der Waals surface area contributed by atoms with Gasteiger partial charge in [0.15, 0.2) is 0 Å². The summed E-state index contributed by atoms with van der Waals surface area (Å²) in [4.78, 5) is 37.0. The molecule has 66 heavy (non-hydrogen) atoms. The van der Waals surface area contributed by atoms with E-state index in [1.54, 1.807) is 0 Å². The number of esters is 3. The van der Waals surface area contributed by atoms with E-state index in [0.717, 1.165) is 70.2 Å². The first-order chi connectivity index (χ1) is 31.9. The van der Waals surface area contributed by atoms with Crippen molar-refractivity contribution in [1.82, 2.24) is 0 Å². The van der Waals surface area contributed by atoms with Gasteiger partial charge in [-0.15, -0.1) is 0 Å². The Bertz CT molecular complexity index is 2950. The first kappa shape index (κ1) is 45.8. The van der Waals surface area contributed by atoms with E-state index >= 15 is 0 Å². The highest BCUT2D eigenvalue weighted by molar-refractivity contribution is 6.25. The Balaban J connectivity index is 1.25. The highest BCUT2D eigenvalue weighted by atomic mass is 16.5. The molecule has 0 heterocycles. The average Bonchev–Trinajstić information content (AvgIpc) is 3.60. The summed E-state index contributed by atoms with van der Waals surface area (Å²) < 4.78 is 17.2. The highest BCUT2D eigenvalue weighted by Gasteiger charge is 2.50. The minimum absolute atomic E-state index is 0.0215. The quantitative estimate of drug-likeness (QED) is 0.0265. The molecule has 0 radical (unpaired) electrons. The van der Waals surface area contributed by atoms with E-state index in [0.29, 0.717) is 32.3 Å². The van der Waals surface area contributed by atoms with Gasteiger partial charge in [-0.1, -0.05) is 151 Å². The Morgan fingerprint density at radius 3 is 1.76 bits per heavy atom. The van der Waals surface area contributed by atoms with E-state index in [4.69, 9.17) is 14.2 Å². The zero-order valence-corrected chi connectivity index (χ0v) is 38.8. The predicted molar refractivity (Wildman–Crippen MR) is 270 cm³/mol. The van der Waals surface area contributed by atoms with Gasteiger partial charge in [0.2, 0.25) is 0 Å². The van der Waals surface area contributed by atoms with Crippen LogP contribution in [-0.2, 0) is 45.8 Å². The van der Waals surface area contributed by atoms with E-state index in [1.165, 1.54) is 61.7 Å². The number of fused-ring (bicyclic) bond motifs is 3. The maximum atomic E-state index is 13.4. The van der Waals surface area contributed by atoms with Gasteiger partial charge in [0.25, 0.3) is 0 Å². The molecule has 1 aliphatic carbocycles. The summed E-state index contributed by atoms with van der Waals surface area (Å²) in [5.41, 5.74) is 10.7. The van der Waals surface area contributed by atoms with Crippen LogP contribution in [0.5, 0.6) is 0 Å². The van der Waals surface area contributed by atoms with Gasteiger partial charge < -0.3 is 14.2 Å². The van der Waals surface area contributed by atoms with Crippen molar-refractivity contribution < 1.29 is 28.6 Å². The Labute approximate surface area is 389 Å². The molecule has 0 saturated heterocycles. The number of hydrogen-bond donors (Lipinski definition) is 0. The van der Waals surface area contributed by atoms with Crippen LogP contribution in [0, 0.1) is 0 Å². The van der Waals surface area contributed by atoms with Crippen LogP contribution in [0.2, 0.25) is 0 Å². The SMILES string of the molecule is C=CC(=O)OCCCCc1ccc(-c2ccc3c(c2)C(CCCCOC(=O)C=C)(C(CCC)OC(=O)C=C)c2cc(-c4ccc5ccc6cc(C(C)(C)C)cc7ccc4c5c67)ccc2-3)cc1. The summed E-state index contributed by atoms with van der Waals surface area (Å²) in [7, 11) is 0. The minimum atomic E-state index is -0.740. The van der Waals surface area contributed by atoms with Crippen LogP contribution in [0.15, 0.2) is 147 Å². The molecule has 0 aliphatic heterocycles. The Morgan fingerprint density at radius 2 is 1.14 bits per heavy atom. The normalized spacial score (nSPS) is 14.7. The largest absolute Gasteiger partial charge is 0.463 e. The van der Waals surface area contributed by atoms with Crippen LogP contribution in [0.3, 0.4) is 0 Å². The van der Waals surface area contributed by atoms with Gasteiger partial charge in [0, 0.05) is 18.2 Å². The number of rotatable bonds is 19. The number of ether oxygens (including phenoxy) is 3. The zero-order chi connectivity index (χ0) is 46.6. The molecule has 0 bridgehead atoms. The molecule has 0 fully saturated rings. The second-order valence-corrected chi connectivity index (χ2v) is 18.7. The fraction of sp³-hybridized carbons (Fsp3) is 0.283. The second-order valence-electron chi connectivity index (χ2n) is 18.7. The molecule has 0 N–H and O–H groups in total. The lowest BCUT2D eigenvalue weighted by Crippen LogP contribution is -2.42. The first-order valence-corrected chi connectivity index (χ1v) is 23.4. The summed E-state index contributed by atoms with van der Waals surface area (Å²) in [6.45, 7) is 20.4. The molecule has 0 amide bonds. The number of carbonyl (C=O) groups is 3. The third-order valence-electron chi connectivity index (χ3n) is 13.5. The molecule has 336 valence electrons. The molecule has 0 aromatic heterocycles. The highest BCUT2D eigenvalue weighted by Crippen LogP contribution is 2.57. The van der Waals surface area contributed by atoms with Crippen molar-refractivity contribution >= 4 is 50.2 Å². The van der Waals surface area contributed by atoms with Gasteiger partial charge in [-0.3, -0.25) is 0 Å². The van der Waals surface area contributed by atoms with Gasteiger partial charge in [0.05, 0.1) is 18.6 Å². The molecule has 0 saturated carbocycles. The lowest BCUT2D eigenvalue weighted by Gasteiger charge is -2.39. The molecular formula is C60H60O6. The fourth-order valence-electron chi connectivity index (χ4n) is 10.2. The molecule has 0 spiro atoms. The summed E-state index contributed by atoms with van der Waals surface area (Å²) in [6.07, 6.45) is 9.09. The van der Waals surface area contributed by atoms with E-state index in [1.807, 2.05) is 0 Å². The van der Waals surface area contributed by atoms with Crippen molar-refractivity contribution in [2.24, 2.45) is 0 Å². The van der Waals surface area contributed by atoms with Crippen LogP contribution in [-0.4, -0.2) is 37.2 Å². The maximum Gasteiger partial charge on any atom is 0.330 e. The van der Waals surface area contributed by atoms with Crippen molar-refractivity contribution in [3.8, 4) is 33.4 Å². The smallest absolute Gasteiger partial charge is 0.330 e. The van der Waals surface area contributed by atoms with Crippen molar-refractivity contribution in [1.29, 1.82) is 0 Å². The number of hydrogen-bond acceptors (Lipinski definition) is 6. The molecule has 7 aromatic rings. The van der Waals surface area contributed by atoms with Gasteiger partial charge in [-0.25, -0.2) is 14.4 Å². The lowest BCUT2D eigenvalue weighted by atomic mass is 9.68. The summed E-state index contributed by atoms with van der Waals surface area (Å²) in [5, 5.41) is 7.45. The van der Waals surface area contributed by atoms with Crippen LogP contribution in [0.1, 0.15) is 94.9 Å². The summed E-state index contributed by atoms with van der Waals surface area (Å²) in [5.74, 6) is -1.29. The van der Waals surface area contributed by atoms with Crippen molar-refractivity contribution in [2.75, 3.05) is 13.2 Å². The van der Waals surface area contributed by atoms with E-state index in [-0.39, 0.29) is 12.0 Å². The second kappa shape index (κ2) is 19.4. The molecule has 1 aliphatic rings. The maximum absolute atomic E-state index is 13.4. The Kier molecular flexibility index (Phi) is 13.4. The number of benzene rings is 7. The molecule has 6 nitrogen and oxygen atoms in total. The van der Waals surface area contributed by atoms with Gasteiger partial charge in [-0.05, 0) is 150 Å². The predicted octanol–water partition coefficient (Wildman–Crippen LogP) is 14.3. The van der Waals surface area contributed by atoms with E-state index < -0.39 is 29.4 Å². The lowest BCUT2D eigenvalue weighted by molar-refractivity contribution is -0.147. The average molecular weight is 877 g/mol. The van der Waals surface area contributed by atoms with Gasteiger partial charge in [-0.2, -0.15) is 0 Å². The minimum Gasteiger partial charge on any atom is -0.463 e. The van der Waals surface area contributed by atoms with Crippen molar-refractivity contribution in [3.63, 3.8) is 0 Å². The molecule has 8 rings (SSSR count). The van der Waals surface area contributed by atoms with Crippen molar-refractivity contribution in [3.05, 3.63) is 169 Å². The van der Waals surface area contributed by atoms with Crippen molar-refractivity contribution in [2.45, 2.75) is 96.0 Å². The Hall–Kier alpha value is -6.79.